The summed E-state index contributed by atoms with van der Waals surface area (Å²) in [5, 5.41) is 29.1. The van der Waals surface area contributed by atoms with E-state index in [0.717, 1.165) is 16.9 Å². The van der Waals surface area contributed by atoms with Gasteiger partial charge >= 0.3 is 6.03 Å². The number of ether oxygens (including phenoxy) is 1. The first-order chi connectivity index (χ1) is 19.2. The standard InChI is InChI=1S/C30H36N6O4/c1-30(2,3)27-20-28(36(34-27)24-8-4-22(5-9-24)21-35(16-18-37)17-19-38)33-29(39)32-23-6-10-25(11-7-23)40-26-12-14-31-15-13-26/h4-15,20,37-38H,16-19,21H2,1-3H3,(H2,32,33,39). The molecule has 0 saturated heterocycles. The van der Waals surface area contributed by atoms with Crippen molar-refractivity contribution in [3.05, 3.63) is 90.4 Å². The molecule has 0 radical (unpaired) electrons. The zero-order valence-electron chi connectivity index (χ0n) is 23.0. The van der Waals surface area contributed by atoms with Crippen LogP contribution in [0.15, 0.2) is 79.1 Å². The van der Waals surface area contributed by atoms with Crippen molar-refractivity contribution in [2.75, 3.05) is 36.9 Å². The normalized spacial score (nSPS) is 11.4. The summed E-state index contributed by atoms with van der Waals surface area (Å²) in [7, 11) is 0. The number of aliphatic hydroxyl groups excluding tert-OH is 2. The van der Waals surface area contributed by atoms with E-state index in [4.69, 9.17) is 9.84 Å². The first-order valence-electron chi connectivity index (χ1n) is 13.1. The second-order valence-electron chi connectivity index (χ2n) is 10.4. The summed E-state index contributed by atoms with van der Waals surface area (Å²) < 4.78 is 7.50. The fourth-order valence-electron chi connectivity index (χ4n) is 4.01. The average Bonchev–Trinajstić information content (AvgIpc) is 3.35. The zero-order valence-corrected chi connectivity index (χ0v) is 23.0. The van der Waals surface area contributed by atoms with Gasteiger partial charge in [-0.1, -0.05) is 32.9 Å². The average molecular weight is 545 g/mol. The highest BCUT2D eigenvalue weighted by Gasteiger charge is 2.21. The monoisotopic (exact) mass is 544 g/mol. The van der Waals surface area contributed by atoms with Crippen molar-refractivity contribution < 1.29 is 19.7 Å². The van der Waals surface area contributed by atoms with Crippen molar-refractivity contribution in [1.29, 1.82) is 0 Å². The lowest BCUT2D eigenvalue weighted by Gasteiger charge is -2.20. The molecule has 0 unspecified atom stereocenters. The summed E-state index contributed by atoms with van der Waals surface area (Å²) in [6, 6.07) is 20.0. The number of benzene rings is 2. The van der Waals surface area contributed by atoms with Crippen molar-refractivity contribution >= 4 is 17.5 Å². The molecule has 0 saturated carbocycles. The van der Waals surface area contributed by atoms with Crippen LogP contribution in [0.25, 0.3) is 5.69 Å². The van der Waals surface area contributed by atoms with Gasteiger partial charge in [-0.25, -0.2) is 9.48 Å². The molecule has 40 heavy (non-hydrogen) atoms. The molecule has 0 bridgehead atoms. The summed E-state index contributed by atoms with van der Waals surface area (Å²) >= 11 is 0. The smallest absolute Gasteiger partial charge is 0.324 e. The molecule has 0 fully saturated rings. The van der Waals surface area contributed by atoms with Crippen LogP contribution in [-0.4, -0.2) is 62.2 Å². The molecule has 10 heteroatoms. The van der Waals surface area contributed by atoms with Crippen LogP contribution < -0.4 is 15.4 Å². The van der Waals surface area contributed by atoms with E-state index < -0.39 is 6.03 Å². The van der Waals surface area contributed by atoms with E-state index in [0.29, 0.717) is 42.6 Å². The molecule has 0 aliphatic carbocycles. The van der Waals surface area contributed by atoms with E-state index in [-0.39, 0.29) is 18.6 Å². The molecule has 0 spiro atoms. The van der Waals surface area contributed by atoms with Crippen LogP contribution in [0, 0.1) is 0 Å². The Balaban J connectivity index is 1.47. The minimum atomic E-state index is -0.398. The van der Waals surface area contributed by atoms with E-state index in [9.17, 15) is 15.0 Å². The fourth-order valence-corrected chi connectivity index (χ4v) is 4.01. The first-order valence-corrected chi connectivity index (χ1v) is 13.1. The Kier molecular flexibility index (Phi) is 9.49. The number of urea groups is 1. The summed E-state index contributed by atoms with van der Waals surface area (Å²) in [4.78, 5) is 18.9. The van der Waals surface area contributed by atoms with E-state index in [1.54, 1.807) is 53.5 Å². The number of aliphatic hydroxyl groups is 2. The maximum Gasteiger partial charge on any atom is 0.324 e. The Labute approximate surface area is 234 Å². The lowest BCUT2D eigenvalue weighted by molar-refractivity contribution is 0.156. The minimum Gasteiger partial charge on any atom is -0.457 e. The number of pyridine rings is 1. The number of carbonyl (C=O) groups excluding carboxylic acids is 1. The summed E-state index contributed by atoms with van der Waals surface area (Å²) in [6.07, 6.45) is 3.32. The number of anilines is 2. The number of carbonyl (C=O) groups is 1. The molecule has 10 nitrogen and oxygen atoms in total. The highest BCUT2D eigenvalue weighted by molar-refractivity contribution is 5.99. The maximum atomic E-state index is 13.0. The Morgan fingerprint density at radius 3 is 2.12 bits per heavy atom. The van der Waals surface area contributed by atoms with Gasteiger partial charge in [-0.3, -0.25) is 15.2 Å². The third-order valence-corrected chi connectivity index (χ3v) is 6.14. The molecule has 4 rings (SSSR count). The van der Waals surface area contributed by atoms with Crippen LogP contribution in [0.2, 0.25) is 0 Å². The number of hydrogen-bond acceptors (Lipinski definition) is 7. The van der Waals surface area contributed by atoms with Crippen LogP contribution in [0.5, 0.6) is 11.5 Å². The Morgan fingerprint density at radius 1 is 0.900 bits per heavy atom. The molecule has 0 aliphatic heterocycles. The van der Waals surface area contributed by atoms with Crippen LogP contribution in [-0.2, 0) is 12.0 Å². The van der Waals surface area contributed by atoms with Crippen molar-refractivity contribution in [3.8, 4) is 17.2 Å². The van der Waals surface area contributed by atoms with Gasteiger partial charge in [-0.05, 0) is 54.1 Å². The molecule has 4 N–H and O–H groups in total. The van der Waals surface area contributed by atoms with Gasteiger partial charge in [0.1, 0.15) is 17.3 Å². The third-order valence-electron chi connectivity index (χ3n) is 6.14. The Bertz CT molecular complexity index is 1360. The lowest BCUT2D eigenvalue weighted by atomic mass is 9.92. The minimum absolute atomic E-state index is 0.0293. The lowest BCUT2D eigenvalue weighted by Crippen LogP contribution is -2.29. The Hall–Kier alpha value is -4.25. The van der Waals surface area contributed by atoms with Gasteiger partial charge in [0.25, 0.3) is 0 Å². The maximum absolute atomic E-state index is 13.0. The highest BCUT2D eigenvalue weighted by Crippen LogP contribution is 2.27. The van der Waals surface area contributed by atoms with Gasteiger partial charge in [0.05, 0.1) is 24.6 Å². The number of amides is 2. The van der Waals surface area contributed by atoms with Crippen molar-refractivity contribution in [1.82, 2.24) is 19.7 Å². The number of rotatable bonds is 11. The highest BCUT2D eigenvalue weighted by atomic mass is 16.5. The second kappa shape index (κ2) is 13.2. The van der Waals surface area contributed by atoms with Gasteiger partial charge < -0.3 is 20.3 Å². The molecule has 0 aliphatic rings. The van der Waals surface area contributed by atoms with E-state index in [2.05, 4.69) is 36.4 Å². The Morgan fingerprint density at radius 2 is 1.52 bits per heavy atom. The van der Waals surface area contributed by atoms with Crippen LogP contribution >= 0.6 is 0 Å². The molecule has 2 amide bonds. The van der Waals surface area contributed by atoms with Gasteiger partial charge in [0.15, 0.2) is 0 Å². The molecule has 210 valence electrons. The number of aromatic nitrogens is 3. The topological polar surface area (TPSA) is 125 Å². The van der Waals surface area contributed by atoms with Crippen LogP contribution in [0.4, 0.5) is 16.3 Å². The SMILES string of the molecule is CC(C)(C)c1cc(NC(=O)Nc2ccc(Oc3ccncc3)cc2)n(-c2ccc(CN(CCO)CCO)cc2)n1. The number of hydrogen-bond donors (Lipinski definition) is 4. The molecular formula is C30H36N6O4. The molecule has 2 aromatic carbocycles. The van der Waals surface area contributed by atoms with Crippen molar-refractivity contribution in [3.63, 3.8) is 0 Å². The molecular weight excluding hydrogens is 508 g/mol. The van der Waals surface area contributed by atoms with Crippen molar-refractivity contribution in [2.45, 2.75) is 32.7 Å². The third kappa shape index (κ3) is 7.89. The summed E-state index contributed by atoms with van der Waals surface area (Å²) in [5.74, 6) is 1.86. The van der Waals surface area contributed by atoms with Crippen molar-refractivity contribution in [2.24, 2.45) is 0 Å². The zero-order chi connectivity index (χ0) is 28.5. The van der Waals surface area contributed by atoms with Gasteiger partial charge in [0.2, 0.25) is 0 Å². The largest absolute Gasteiger partial charge is 0.457 e. The van der Waals surface area contributed by atoms with Gasteiger partial charge in [0, 0.05) is 49.2 Å². The molecule has 0 atom stereocenters. The molecule has 4 aromatic rings. The predicted molar refractivity (Wildman–Crippen MR) is 155 cm³/mol. The van der Waals surface area contributed by atoms with E-state index >= 15 is 0 Å². The predicted octanol–water partition coefficient (Wildman–Crippen LogP) is 4.79. The summed E-state index contributed by atoms with van der Waals surface area (Å²) in [5.41, 5.74) is 3.06. The van der Waals surface area contributed by atoms with E-state index in [1.807, 2.05) is 35.2 Å². The number of nitrogens with one attached hydrogen (secondary N) is 2. The number of nitrogens with zero attached hydrogens (tertiary/aromatic N) is 4. The second-order valence-corrected chi connectivity index (χ2v) is 10.4. The first kappa shape index (κ1) is 28.8. The summed E-state index contributed by atoms with van der Waals surface area (Å²) in [6.45, 7) is 7.84. The fraction of sp³-hybridized carbons (Fsp3) is 0.300. The van der Waals surface area contributed by atoms with Gasteiger partial charge in [-0.15, -0.1) is 0 Å². The quantitative estimate of drug-likeness (QED) is 0.214. The van der Waals surface area contributed by atoms with Crippen LogP contribution in [0.3, 0.4) is 0 Å². The van der Waals surface area contributed by atoms with E-state index in [1.165, 1.54) is 0 Å². The van der Waals surface area contributed by atoms with Gasteiger partial charge in [-0.2, -0.15) is 5.10 Å². The molecule has 2 aromatic heterocycles. The molecule has 2 heterocycles. The van der Waals surface area contributed by atoms with Crippen LogP contribution in [0.1, 0.15) is 32.0 Å².